The molecule has 1 aromatic carbocycles. The molecule has 0 heterocycles. The van der Waals surface area contributed by atoms with Crippen molar-refractivity contribution in [3.8, 4) is 6.07 Å². The second-order valence-electron chi connectivity index (χ2n) is 5.50. The molecule has 0 fully saturated rings. The molecule has 0 aromatic heterocycles. The summed E-state index contributed by atoms with van der Waals surface area (Å²) in [6.07, 6.45) is 1.36. The van der Waals surface area contributed by atoms with E-state index >= 15 is 0 Å². The van der Waals surface area contributed by atoms with Crippen molar-refractivity contribution < 1.29 is 8.60 Å². The summed E-state index contributed by atoms with van der Waals surface area (Å²) in [7, 11) is -1.35. The molecule has 100 valence electrons. The number of rotatable bonds is 1. The molecule has 5 heteroatoms. The van der Waals surface area contributed by atoms with Gasteiger partial charge in [-0.2, -0.15) is 9.66 Å². The summed E-state index contributed by atoms with van der Waals surface area (Å²) in [5.74, 6) is -0.544. The monoisotopic (exact) mass is 278 g/mol. The standard InChI is InChI=1S/C14H15FN2OS/c1-14(2,3)19(18)17-13-5-4-9-6-10(8-16)12(15)7-11(9)13/h6-7H,4-5H2,1-3H3/b17-13-/t19-/m1/s1. The van der Waals surface area contributed by atoms with Crippen molar-refractivity contribution >= 4 is 16.7 Å². The molecule has 0 amide bonds. The van der Waals surface area contributed by atoms with Gasteiger partial charge >= 0.3 is 0 Å². The summed E-state index contributed by atoms with van der Waals surface area (Å²) in [4.78, 5) is 0. The van der Waals surface area contributed by atoms with Crippen LogP contribution in [0.4, 0.5) is 4.39 Å². The molecule has 1 aromatic rings. The molecule has 0 aliphatic heterocycles. The zero-order chi connectivity index (χ0) is 14.2. The Kier molecular flexibility index (Phi) is 3.55. The van der Waals surface area contributed by atoms with Crippen molar-refractivity contribution in [2.45, 2.75) is 38.4 Å². The van der Waals surface area contributed by atoms with Crippen LogP contribution in [-0.2, 0) is 17.4 Å². The number of aryl methyl sites for hydroxylation is 1. The van der Waals surface area contributed by atoms with Crippen molar-refractivity contribution in [1.82, 2.24) is 0 Å². The van der Waals surface area contributed by atoms with Gasteiger partial charge in [0.1, 0.15) is 22.9 Å². The van der Waals surface area contributed by atoms with Crippen molar-refractivity contribution in [3.63, 3.8) is 0 Å². The van der Waals surface area contributed by atoms with Crippen LogP contribution in [0, 0.1) is 17.1 Å². The Morgan fingerprint density at radius 3 is 2.63 bits per heavy atom. The molecule has 0 bridgehead atoms. The highest BCUT2D eigenvalue weighted by molar-refractivity contribution is 7.85. The summed E-state index contributed by atoms with van der Waals surface area (Å²) in [5, 5.41) is 8.80. The lowest BCUT2D eigenvalue weighted by Crippen LogP contribution is -2.20. The molecule has 1 aliphatic rings. The highest BCUT2D eigenvalue weighted by atomic mass is 32.2. The first-order valence-corrected chi connectivity index (χ1v) is 7.16. The number of fused-ring (bicyclic) bond motifs is 1. The van der Waals surface area contributed by atoms with E-state index in [4.69, 9.17) is 5.26 Å². The minimum Gasteiger partial charge on any atom is -0.234 e. The molecular formula is C14H15FN2OS. The van der Waals surface area contributed by atoms with Gasteiger partial charge in [-0.15, -0.1) is 0 Å². The van der Waals surface area contributed by atoms with Crippen molar-refractivity contribution in [2.24, 2.45) is 4.40 Å². The topological polar surface area (TPSA) is 53.2 Å². The van der Waals surface area contributed by atoms with Crippen LogP contribution in [0.2, 0.25) is 0 Å². The van der Waals surface area contributed by atoms with Crippen LogP contribution in [-0.4, -0.2) is 14.7 Å². The van der Waals surface area contributed by atoms with Gasteiger partial charge in [-0.25, -0.2) is 8.60 Å². The minimum atomic E-state index is -1.35. The summed E-state index contributed by atoms with van der Waals surface area (Å²) in [6.45, 7) is 5.55. The molecule has 0 N–H and O–H groups in total. The Labute approximate surface area is 114 Å². The lowest BCUT2D eigenvalue weighted by atomic mass is 10.1. The average molecular weight is 278 g/mol. The Balaban J connectivity index is 2.44. The van der Waals surface area contributed by atoms with E-state index in [0.29, 0.717) is 24.1 Å². The van der Waals surface area contributed by atoms with E-state index in [2.05, 4.69) is 4.40 Å². The van der Waals surface area contributed by atoms with Crippen LogP contribution in [0.15, 0.2) is 16.5 Å². The third-order valence-corrected chi connectivity index (χ3v) is 4.41. The van der Waals surface area contributed by atoms with Crippen molar-refractivity contribution in [3.05, 3.63) is 34.6 Å². The molecule has 1 aliphatic carbocycles. The molecule has 2 rings (SSSR count). The molecule has 0 saturated heterocycles. The molecule has 3 nitrogen and oxygen atoms in total. The first-order chi connectivity index (χ1) is 8.82. The quantitative estimate of drug-likeness (QED) is 0.793. The molecule has 1 atom stereocenters. The summed E-state index contributed by atoms with van der Waals surface area (Å²) in [6, 6.07) is 4.73. The summed E-state index contributed by atoms with van der Waals surface area (Å²) in [5.41, 5.74) is 2.32. The first kappa shape index (κ1) is 13.9. The second kappa shape index (κ2) is 4.86. The Morgan fingerprint density at radius 1 is 1.37 bits per heavy atom. The molecule has 0 unspecified atom stereocenters. The van der Waals surface area contributed by atoms with E-state index in [9.17, 15) is 8.60 Å². The van der Waals surface area contributed by atoms with E-state index in [1.165, 1.54) is 6.07 Å². The van der Waals surface area contributed by atoms with Gasteiger partial charge in [0.25, 0.3) is 0 Å². The van der Waals surface area contributed by atoms with Crippen LogP contribution in [0.3, 0.4) is 0 Å². The molecule has 0 saturated carbocycles. The van der Waals surface area contributed by atoms with Crippen molar-refractivity contribution in [1.29, 1.82) is 5.26 Å². The van der Waals surface area contributed by atoms with Gasteiger partial charge in [0.15, 0.2) is 0 Å². The van der Waals surface area contributed by atoms with E-state index < -0.39 is 21.5 Å². The van der Waals surface area contributed by atoms with Crippen LogP contribution in [0.1, 0.15) is 43.9 Å². The lowest BCUT2D eigenvalue weighted by Gasteiger charge is -2.14. The lowest BCUT2D eigenvalue weighted by molar-refractivity contribution is 0.623. The predicted octanol–water partition coefficient (Wildman–Crippen LogP) is 2.89. The number of hydrogen-bond donors (Lipinski definition) is 0. The third-order valence-electron chi connectivity index (χ3n) is 2.97. The normalized spacial score (nSPS) is 18.2. The fourth-order valence-electron chi connectivity index (χ4n) is 1.90. The average Bonchev–Trinajstić information content (AvgIpc) is 2.69. The second-order valence-corrected chi connectivity index (χ2v) is 7.41. The zero-order valence-electron chi connectivity index (χ0n) is 11.2. The minimum absolute atomic E-state index is 0.0527. The Morgan fingerprint density at radius 2 is 2.05 bits per heavy atom. The first-order valence-electron chi connectivity index (χ1n) is 6.05. The van der Waals surface area contributed by atoms with E-state index in [1.807, 2.05) is 26.8 Å². The number of benzene rings is 1. The Bertz CT molecular complexity index is 624. The van der Waals surface area contributed by atoms with Gasteiger partial charge in [-0.3, -0.25) is 0 Å². The van der Waals surface area contributed by atoms with Gasteiger partial charge in [0, 0.05) is 5.56 Å². The SMILES string of the molecule is CC(C)(C)[S@@](=O)/N=C1/CCc2cc(C#N)c(F)cc21. The van der Waals surface area contributed by atoms with Crippen LogP contribution in [0.25, 0.3) is 0 Å². The van der Waals surface area contributed by atoms with Crippen LogP contribution >= 0.6 is 0 Å². The molecule has 0 spiro atoms. The maximum Gasteiger partial charge on any atom is 0.145 e. The highest BCUT2D eigenvalue weighted by Gasteiger charge is 2.24. The zero-order valence-corrected chi connectivity index (χ0v) is 12.0. The number of hydrogen-bond acceptors (Lipinski definition) is 2. The smallest absolute Gasteiger partial charge is 0.145 e. The molecular weight excluding hydrogens is 263 g/mol. The fraction of sp³-hybridized carbons (Fsp3) is 0.429. The van der Waals surface area contributed by atoms with Gasteiger partial charge in [-0.1, -0.05) is 0 Å². The van der Waals surface area contributed by atoms with Gasteiger partial charge in [0.05, 0.1) is 16.0 Å². The fourth-order valence-corrected chi connectivity index (χ4v) is 2.56. The van der Waals surface area contributed by atoms with E-state index in [1.54, 1.807) is 6.07 Å². The van der Waals surface area contributed by atoms with Gasteiger partial charge < -0.3 is 0 Å². The summed E-state index contributed by atoms with van der Waals surface area (Å²) < 4.78 is 29.4. The Hall–Kier alpha value is -1.54. The largest absolute Gasteiger partial charge is 0.234 e. The summed E-state index contributed by atoms with van der Waals surface area (Å²) >= 11 is 0. The van der Waals surface area contributed by atoms with E-state index in [-0.39, 0.29) is 5.56 Å². The highest BCUT2D eigenvalue weighted by Crippen LogP contribution is 2.27. The number of halogens is 1. The number of nitriles is 1. The third kappa shape index (κ3) is 2.74. The van der Waals surface area contributed by atoms with E-state index in [0.717, 1.165) is 5.56 Å². The van der Waals surface area contributed by atoms with Crippen LogP contribution < -0.4 is 0 Å². The number of nitrogens with zero attached hydrogens (tertiary/aromatic N) is 2. The van der Waals surface area contributed by atoms with Crippen LogP contribution in [0.5, 0.6) is 0 Å². The maximum atomic E-state index is 13.6. The maximum absolute atomic E-state index is 13.6. The molecule has 0 radical (unpaired) electrons. The van der Waals surface area contributed by atoms with Gasteiger partial charge in [-0.05, 0) is 51.3 Å². The molecule has 19 heavy (non-hydrogen) atoms. The van der Waals surface area contributed by atoms with Crippen molar-refractivity contribution in [2.75, 3.05) is 0 Å². The van der Waals surface area contributed by atoms with Gasteiger partial charge in [0.2, 0.25) is 0 Å². The predicted molar refractivity (Wildman–Crippen MR) is 73.9 cm³/mol.